The van der Waals surface area contributed by atoms with Crippen molar-refractivity contribution in [1.29, 1.82) is 0 Å². The third-order valence-corrected chi connectivity index (χ3v) is 6.22. The Kier molecular flexibility index (Phi) is 6.57. The number of hydrogen-bond acceptors (Lipinski definition) is 6. The van der Waals surface area contributed by atoms with Crippen molar-refractivity contribution in [3.05, 3.63) is 84.3 Å². The number of H-pyrrole nitrogens is 1. The van der Waals surface area contributed by atoms with Crippen molar-refractivity contribution in [2.75, 3.05) is 23.7 Å². The monoisotopic (exact) mass is 482 g/mol. The SMILES string of the molecule is NC(=O)c1c(-c2ccc(NC(=O)N3CCC[C@H](c4ccccc4)C3)cc2)n[nH]c1Nc1cnccn1. The first kappa shape index (κ1) is 23.0. The maximum Gasteiger partial charge on any atom is 0.321 e. The number of urea groups is 1. The van der Waals surface area contributed by atoms with Gasteiger partial charge in [-0.25, -0.2) is 9.78 Å². The fraction of sp³-hybridized carbons (Fsp3) is 0.192. The van der Waals surface area contributed by atoms with Gasteiger partial charge in [-0.15, -0.1) is 0 Å². The van der Waals surface area contributed by atoms with Crippen LogP contribution in [0.5, 0.6) is 0 Å². The lowest BCUT2D eigenvalue weighted by molar-refractivity contribution is 0.100. The van der Waals surface area contributed by atoms with Crippen LogP contribution in [-0.4, -0.2) is 50.1 Å². The summed E-state index contributed by atoms with van der Waals surface area (Å²) in [6, 6.07) is 17.3. The summed E-state index contributed by atoms with van der Waals surface area (Å²) in [6.07, 6.45) is 6.63. The molecule has 0 saturated carbocycles. The highest BCUT2D eigenvalue weighted by Crippen LogP contribution is 2.30. The van der Waals surface area contributed by atoms with Crippen molar-refractivity contribution in [1.82, 2.24) is 25.1 Å². The third-order valence-electron chi connectivity index (χ3n) is 6.22. The summed E-state index contributed by atoms with van der Waals surface area (Å²) in [6.45, 7) is 1.41. The van der Waals surface area contributed by atoms with Crippen LogP contribution >= 0.6 is 0 Å². The van der Waals surface area contributed by atoms with Crippen molar-refractivity contribution >= 4 is 29.3 Å². The van der Waals surface area contributed by atoms with Gasteiger partial charge in [0.15, 0.2) is 0 Å². The number of nitrogens with zero attached hydrogens (tertiary/aromatic N) is 4. The summed E-state index contributed by atoms with van der Waals surface area (Å²) in [7, 11) is 0. The maximum atomic E-state index is 12.9. The Labute approximate surface area is 208 Å². The number of aromatic nitrogens is 4. The number of benzene rings is 2. The molecule has 0 spiro atoms. The molecule has 0 bridgehead atoms. The van der Waals surface area contributed by atoms with E-state index in [1.165, 1.54) is 18.0 Å². The molecule has 5 rings (SSSR count). The number of nitrogens with one attached hydrogen (secondary N) is 3. The number of rotatable bonds is 6. The molecule has 1 saturated heterocycles. The molecule has 3 amide bonds. The lowest BCUT2D eigenvalue weighted by Gasteiger charge is -2.33. The molecule has 4 aromatic rings. The van der Waals surface area contributed by atoms with Gasteiger partial charge in [0.2, 0.25) is 0 Å². The molecule has 0 aliphatic carbocycles. The summed E-state index contributed by atoms with van der Waals surface area (Å²) in [5, 5.41) is 13.0. The number of amides is 3. The summed E-state index contributed by atoms with van der Waals surface area (Å²) < 4.78 is 0. The highest BCUT2D eigenvalue weighted by Gasteiger charge is 2.25. The first-order chi connectivity index (χ1) is 17.6. The average Bonchev–Trinajstić information content (AvgIpc) is 3.34. The Hall–Kier alpha value is -4.73. The topological polar surface area (TPSA) is 142 Å². The zero-order valence-electron chi connectivity index (χ0n) is 19.5. The standard InChI is InChI=1S/C26H26N8O2/c27-24(35)22-23(32-33-25(22)31-21-15-28-12-13-29-21)18-8-10-20(11-9-18)30-26(36)34-14-4-7-19(16-34)17-5-2-1-3-6-17/h1-3,5-6,8-13,15,19H,4,7,14,16H2,(H2,27,35)(H,30,36)(H2,29,31,32,33)/t19-/m0/s1. The molecule has 5 N–H and O–H groups in total. The van der Waals surface area contributed by atoms with E-state index in [1.54, 1.807) is 30.5 Å². The van der Waals surface area contributed by atoms with Crippen LogP contribution in [0.4, 0.5) is 22.1 Å². The molecule has 2 aromatic heterocycles. The van der Waals surface area contributed by atoms with E-state index in [2.05, 4.69) is 42.9 Å². The summed E-state index contributed by atoms with van der Waals surface area (Å²) in [5.41, 5.74) is 8.83. The van der Waals surface area contributed by atoms with Gasteiger partial charge in [-0.1, -0.05) is 42.5 Å². The minimum Gasteiger partial charge on any atom is -0.365 e. The lowest BCUT2D eigenvalue weighted by atomic mass is 9.91. The molecule has 2 aromatic carbocycles. The number of carbonyl (C=O) groups excluding carboxylic acids is 2. The van der Waals surface area contributed by atoms with Gasteiger partial charge in [0.05, 0.1) is 6.20 Å². The molecule has 10 heteroatoms. The zero-order valence-corrected chi connectivity index (χ0v) is 19.5. The molecule has 1 aliphatic heterocycles. The Morgan fingerprint density at radius 1 is 1.06 bits per heavy atom. The number of carbonyl (C=O) groups is 2. The second kappa shape index (κ2) is 10.3. The van der Waals surface area contributed by atoms with E-state index < -0.39 is 5.91 Å². The van der Waals surface area contributed by atoms with Gasteiger partial charge in [-0.3, -0.25) is 14.9 Å². The van der Waals surface area contributed by atoms with Crippen molar-refractivity contribution < 1.29 is 9.59 Å². The Morgan fingerprint density at radius 3 is 2.58 bits per heavy atom. The Morgan fingerprint density at radius 2 is 1.86 bits per heavy atom. The fourth-order valence-corrected chi connectivity index (χ4v) is 4.45. The minimum absolute atomic E-state index is 0.128. The van der Waals surface area contributed by atoms with E-state index in [-0.39, 0.29) is 11.6 Å². The van der Waals surface area contributed by atoms with E-state index in [4.69, 9.17) is 5.73 Å². The number of primary amides is 1. The van der Waals surface area contributed by atoms with Crippen LogP contribution in [0, 0.1) is 0 Å². The zero-order chi connectivity index (χ0) is 24.9. The second-order valence-electron chi connectivity index (χ2n) is 8.61. The minimum atomic E-state index is -0.638. The van der Waals surface area contributed by atoms with Crippen LogP contribution in [0.25, 0.3) is 11.3 Å². The van der Waals surface area contributed by atoms with Crippen LogP contribution in [0.2, 0.25) is 0 Å². The first-order valence-corrected chi connectivity index (χ1v) is 11.7. The molecule has 1 fully saturated rings. The van der Waals surface area contributed by atoms with Gasteiger partial charge in [0.1, 0.15) is 22.9 Å². The van der Waals surface area contributed by atoms with Crippen molar-refractivity contribution in [2.45, 2.75) is 18.8 Å². The summed E-state index contributed by atoms with van der Waals surface area (Å²) in [4.78, 5) is 35.1. The number of piperidine rings is 1. The molecule has 1 atom stereocenters. The van der Waals surface area contributed by atoms with Gasteiger partial charge in [0.25, 0.3) is 5.91 Å². The van der Waals surface area contributed by atoms with Crippen molar-refractivity contribution in [2.24, 2.45) is 5.73 Å². The van der Waals surface area contributed by atoms with Crippen LogP contribution < -0.4 is 16.4 Å². The second-order valence-corrected chi connectivity index (χ2v) is 8.61. The van der Waals surface area contributed by atoms with E-state index in [0.29, 0.717) is 41.0 Å². The number of aromatic amines is 1. The van der Waals surface area contributed by atoms with Gasteiger partial charge in [0, 0.05) is 42.7 Å². The highest BCUT2D eigenvalue weighted by molar-refractivity contribution is 6.04. The van der Waals surface area contributed by atoms with Crippen LogP contribution in [0.1, 0.15) is 34.7 Å². The van der Waals surface area contributed by atoms with E-state index >= 15 is 0 Å². The Balaban J connectivity index is 1.28. The molecular formula is C26H26N8O2. The number of hydrogen-bond donors (Lipinski definition) is 4. The maximum absolute atomic E-state index is 12.9. The van der Waals surface area contributed by atoms with Gasteiger partial charge < -0.3 is 21.3 Å². The molecule has 1 aliphatic rings. The predicted molar refractivity (Wildman–Crippen MR) is 137 cm³/mol. The van der Waals surface area contributed by atoms with E-state index in [0.717, 1.165) is 19.4 Å². The van der Waals surface area contributed by atoms with Gasteiger partial charge >= 0.3 is 6.03 Å². The largest absolute Gasteiger partial charge is 0.365 e. The Bertz CT molecular complexity index is 1340. The van der Waals surface area contributed by atoms with Gasteiger partial charge in [-0.05, 0) is 30.5 Å². The van der Waals surface area contributed by atoms with Gasteiger partial charge in [-0.2, -0.15) is 5.10 Å². The number of anilines is 3. The molecule has 3 heterocycles. The van der Waals surface area contributed by atoms with Crippen LogP contribution in [0.15, 0.2) is 73.2 Å². The highest BCUT2D eigenvalue weighted by atomic mass is 16.2. The normalized spacial score (nSPS) is 15.3. The third kappa shape index (κ3) is 5.02. The summed E-state index contributed by atoms with van der Waals surface area (Å²) >= 11 is 0. The first-order valence-electron chi connectivity index (χ1n) is 11.7. The molecule has 36 heavy (non-hydrogen) atoms. The lowest BCUT2D eigenvalue weighted by Crippen LogP contribution is -2.41. The van der Waals surface area contributed by atoms with Crippen LogP contribution in [0.3, 0.4) is 0 Å². The van der Waals surface area contributed by atoms with E-state index in [9.17, 15) is 9.59 Å². The number of likely N-dealkylation sites (tertiary alicyclic amines) is 1. The smallest absolute Gasteiger partial charge is 0.321 e. The fourth-order valence-electron chi connectivity index (χ4n) is 4.45. The quantitative estimate of drug-likeness (QED) is 0.326. The number of nitrogens with two attached hydrogens (primary N) is 1. The molecular weight excluding hydrogens is 456 g/mol. The summed E-state index contributed by atoms with van der Waals surface area (Å²) in [5.74, 6) is 0.471. The van der Waals surface area contributed by atoms with Crippen LogP contribution in [-0.2, 0) is 0 Å². The molecule has 0 unspecified atom stereocenters. The predicted octanol–water partition coefficient (Wildman–Crippen LogP) is 4.12. The average molecular weight is 483 g/mol. The van der Waals surface area contributed by atoms with E-state index in [1.807, 2.05) is 23.1 Å². The van der Waals surface area contributed by atoms with Crippen molar-refractivity contribution in [3.63, 3.8) is 0 Å². The molecule has 10 nitrogen and oxygen atoms in total. The molecule has 182 valence electrons. The molecule has 0 radical (unpaired) electrons. The van der Waals surface area contributed by atoms with Crippen molar-refractivity contribution in [3.8, 4) is 11.3 Å².